The monoisotopic (exact) mass is 347 g/mol. The molecule has 1 aromatic carbocycles. The molecule has 1 aliphatic rings. The van der Waals surface area contributed by atoms with Crippen molar-refractivity contribution < 1.29 is 19.2 Å². The van der Waals surface area contributed by atoms with Crippen LogP contribution in [0.15, 0.2) is 0 Å². The van der Waals surface area contributed by atoms with Crippen LogP contribution in [0, 0.1) is 34.7 Å². The Morgan fingerprint density at radius 1 is 1.16 bits per heavy atom. The van der Waals surface area contributed by atoms with Crippen LogP contribution in [-0.4, -0.2) is 55.4 Å². The van der Waals surface area contributed by atoms with Crippen LogP contribution < -0.4 is 11.2 Å². The van der Waals surface area contributed by atoms with Gasteiger partial charge in [-0.1, -0.05) is 0 Å². The minimum atomic E-state index is -0.984. The zero-order valence-electron chi connectivity index (χ0n) is 15.6. The van der Waals surface area contributed by atoms with E-state index in [0.29, 0.717) is 19.6 Å². The largest absolute Gasteiger partial charge is 0.494 e. The number of nitrogens with zero attached hydrogens (tertiary/aromatic N) is 1. The first-order chi connectivity index (χ1) is 11.7. The van der Waals surface area contributed by atoms with Gasteiger partial charge in [-0.2, -0.15) is 0 Å². The molecular formula is C18H28BN2O4-. The number of carboxylic acids is 1. The molecule has 0 bridgehead atoms. The third-order valence-electron chi connectivity index (χ3n) is 5.17. The Kier molecular flexibility index (Phi) is 6.62. The number of carbonyl (C=O) groups is 1. The summed E-state index contributed by atoms with van der Waals surface area (Å²) in [4.78, 5) is 13.1. The average molecular weight is 347 g/mol. The van der Waals surface area contributed by atoms with Gasteiger partial charge in [-0.3, -0.25) is 11.8 Å². The number of benzene rings is 1. The van der Waals surface area contributed by atoms with E-state index >= 15 is 0 Å². The van der Waals surface area contributed by atoms with E-state index < -0.39 is 19.1 Å². The van der Waals surface area contributed by atoms with Crippen molar-refractivity contribution in [2.45, 2.75) is 40.2 Å². The summed E-state index contributed by atoms with van der Waals surface area (Å²) in [6.07, 6.45) is 0.317. The van der Waals surface area contributed by atoms with Crippen LogP contribution in [0.4, 0.5) is 0 Å². The van der Waals surface area contributed by atoms with Gasteiger partial charge in [0.2, 0.25) is 0 Å². The number of nitrogens with two attached hydrogens (primary N) is 1. The highest BCUT2D eigenvalue weighted by atomic mass is 16.6. The Balaban J connectivity index is 2.38. The van der Waals surface area contributed by atoms with E-state index in [1.165, 1.54) is 0 Å². The molecule has 6 nitrogen and oxygen atoms in total. The van der Waals surface area contributed by atoms with Crippen LogP contribution in [0.3, 0.4) is 0 Å². The molecule has 1 saturated heterocycles. The highest BCUT2D eigenvalue weighted by Gasteiger charge is 2.30. The molecule has 25 heavy (non-hydrogen) atoms. The van der Waals surface area contributed by atoms with Crippen molar-refractivity contribution in [2.24, 2.45) is 5.73 Å². The van der Waals surface area contributed by atoms with Gasteiger partial charge in [0, 0.05) is 13.2 Å². The Hall–Kier alpha value is -1.41. The molecule has 0 amide bonds. The molecule has 1 unspecified atom stereocenters. The molecular weight excluding hydrogens is 319 g/mol. The predicted molar refractivity (Wildman–Crippen MR) is 98.9 cm³/mol. The minimum absolute atomic E-state index is 0.317. The zero-order valence-corrected chi connectivity index (χ0v) is 15.6. The maximum absolute atomic E-state index is 11.1. The first-order valence-electron chi connectivity index (χ1n) is 8.60. The summed E-state index contributed by atoms with van der Waals surface area (Å²) in [5, 5.41) is 9.13. The van der Waals surface area contributed by atoms with Crippen molar-refractivity contribution >= 4 is 18.6 Å². The highest BCUT2D eigenvalue weighted by Crippen LogP contribution is 2.23. The van der Waals surface area contributed by atoms with Gasteiger partial charge in [0.05, 0.1) is 0 Å². The number of rotatable bonds is 4. The Bertz CT molecular complexity index is 611. The average Bonchev–Trinajstić information content (AvgIpc) is 2.54. The summed E-state index contributed by atoms with van der Waals surface area (Å²) in [6.45, 7) is 10.7. The molecule has 3 N–H and O–H groups in total. The van der Waals surface area contributed by atoms with Crippen molar-refractivity contribution in [3.8, 4) is 0 Å². The normalized spacial score (nSPS) is 17.9. The second-order valence-electron chi connectivity index (χ2n) is 6.73. The Morgan fingerprint density at radius 3 is 2.08 bits per heavy atom. The Morgan fingerprint density at radius 2 is 1.64 bits per heavy atom. The molecule has 1 aromatic rings. The fourth-order valence-electron chi connectivity index (χ4n) is 3.29. The number of hydrogen-bond acceptors (Lipinski definition) is 5. The van der Waals surface area contributed by atoms with Gasteiger partial charge in [-0.05, 0) is 80.5 Å². The molecule has 1 heterocycles. The molecule has 2 rings (SSSR count). The molecule has 0 aromatic heterocycles. The lowest BCUT2D eigenvalue weighted by atomic mass is 9.69. The van der Waals surface area contributed by atoms with Gasteiger partial charge >= 0.3 is 13.1 Å². The second-order valence-corrected chi connectivity index (χ2v) is 6.73. The molecule has 7 heteroatoms. The molecule has 0 spiro atoms. The van der Waals surface area contributed by atoms with Gasteiger partial charge in [0.25, 0.3) is 0 Å². The van der Waals surface area contributed by atoms with Crippen molar-refractivity contribution in [3.05, 3.63) is 34.9 Å². The molecule has 1 aliphatic heterocycles. The van der Waals surface area contributed by atoms with E-state index in [1.54, 1.807) is 0 Å². The highest BCUT2D eigenvalue weighted by molar-refractivity contribution is 6.62. The maximum atomic E-state index is 11.1. The topological polar surface area (TPSA) is 85.0 Å². The molecule has 138 valence electrons. The smallest absolute Gasteiger partial charge is 0.480 e. The fraction of sp³-hybridized carbons (Fsp3) is 0.556. The van der Waals surface area contributed by atoms with E-state index in [-0.39, 0.29) is 0 Å². The van der Waals surface area contributed by atoms with Gasteiger partial charge < -0.3 is 25.0 Å². The van der Waals surface area contributed by atoms with Crippen LogP contribution in [0.1, 0.15) is 27.8 Å². The minimum Gasteiger partial charge on any atom is -0.480 e. The van der Waals surface area contributed by atoms with Gasteiger partial charge in [-0.15, -0.1) is 0 Å². The van der Waals surface area contributed by atoms with Gasteiger partial charge in [0.1, 0.15) is 6.04 Å². The van der Waals surface area contributed by atoms with E-state index in [0.717, 1.165) is 46.4 Å². The first kappa shape index (κ1) is 19.9. The van der Waals surface area contributed by atoms with Crippen LogP contribution in [-0.2, 0) is 20.5 Å². The lowest BCUT2D eigenvalue weighted by Crippen LogP contribution is -2.46. The van der Waals surface area contributed by atoms with Gasteiger partial charge in [0.15, 0.2) is 0 Å². The fourth-order valence-corrected chi connectivity index (χ4v) is 3.29. The van der Waals surface area contributed by atoms with Crippen LogP contribution >= 0.6 is 0 Å². The summed E-state index contributed by atoms with van der Waals surface area (Å²) in [5.41, 5.74) is 12.1. The van der Waals surface area contributed by atoms with Crippen molar-refractivity contribution in [1.82, 2.24) is 4.90 Å². The SMILES string of the molecule is [CH2-]N1CCOB(c2c(C)c(C)c(CC(N)C(=O)O)c(C)c2C)OCC1. The van der Waals surface area contributed by atoms with E-state index in [9.17, 15) is 4.79 Å². The summed E-state index contributed by atoms with van der Waals surface area (Å²) in [7, 11) is 3.52. The summed E-state index contributed by atoms with van der Waals surface area (Å²) in [6, 6.07) is -0.904. The number of carboxylic acid groups (broad SMARTS) is 1. The molecule has 0 radical (unpaired) electrons. The number of hydrogen-bond donors (Lipinski definition) is 2. The zero-order chi connectivity index (χ0) is 18.7. The van der Waals surface area contributed by atoms with Crippen LogP contribution in [0.5, 0.6) is 0 Å². The van der Waals surface area contributed by atoms with E-state index in [4.69, 9.17) is 20.1 Å². The van der Waals surface area contributed by atoms with Gasteiger partial charge in [-0.25, -0.2) is 0 Å². The van der Waals surface area contributed by atoms with Crippen LogP contribution in [0.2, 0.25) is 0 Å². The molecule has 0 aliphatic carbocycles. The van der Waals surface area contributed by atoms with Crippen LogP contribution in [0.25, 0.3) is 0 Å². The summed E-state index contributed by atoms with van der Waals surface area (Å²) in [5.74, 6) is -0.984. The lowest BCUT2D eigenvalue weighted by molar-refractivity contribution is -0.138. The third kappa shape index (κ3) is 4.41. The molecule has 1 fully saturated rings. The van der Waals surface area contributed by atoms with Crippen molar-refractivity contribution in [3.63, 3.8) is 0 Å². The van der Waals surface area contributed by atoms with Crippen molar-refractivity contribution in [1.29, 1.82) is 0 Å². The first-order valence-corrected chi connectivity index (χ1v) is 8.60. The Labute approximate surface area is 150 Å². The third-order valence-corrected chi connectivity index (χ3v) is 5.17. The van der Waals surface area contributed by atoms with E-state index in [2.05, 4.69) is 7.05 Å². The molecule has 0 saturated carbocycles. The maximum Gasteiger partial charge on any atom is 0.494 e. The second kappa shape index (κ2) is 8.32. The van der Waals surface area contributed by atoms with E-state index in [1.807, 2.05) is 32.6 Å². The standard InChI is InChI=1S/C18H28BN2O4/c1-11-13(3)17(19-24-8-6-21(5)7-9-25-19)14(4)12(2)15(11)10-16(20)18(22)23/h16H,5-10,20H2,1-4H3,(H,22,23)/q-1. The quantitative estimate of drug-likeness (QED) is 0.616. The summed E-state index contributed by atoms with van der Waals surface area (Å²) < 4.78 is 11.9. The predicted octanol–water partition coefficient (Wildman–Crippen LogP) is 0.710. The molecule has 1 atom stereocenters. The number of aliphatic carboxylic acids is 1. The lowest BCUT2D eigenvalue weighted by Gasteiger charge is -2.31. The van der Waals surface area contributed by atoms with Crippen molar-refractivity contribution in [2.75, 3.05) is 26.3 Å². The summed E-state index contributed by atoms with van der Waals surface area (Å²) >= 11 is 0.